The molecule has 17 heavy (non-hydrogen) atoms. The zero-order valence-electron chi connectivity index (χ0n) is 10.9. The lowest BCUT2D eigenvalue weighted by Gasteiger charge is -2.24. The number of carbonyl (C=O) groups excluding carboxylic acids is 1. The maximum atomic E-state index is 12.1. The molecule has 4 nitrogen and oxygen atoms in total. The van der Waals surface area contributed by atoms with Crippen LogP contribution in [0, 0.1) is 0 Å². The van der Waals surface area contributed by atoms with Crippen LogP contribution in [0.2, 0.25) is 0 Å². The van der Waals surface area contributed by atoms with Crippen molar-refractivity contribution in [1.29, 1.82) is 0 Å². The fourth-order valence-corrected chi connectivity index (χ4v) is 1.54. The molecule has 0 bridgehead atoms. The van der Waals surface area contributed by atoms with E-state index >= 15 is 0 Å². The van der Waals surface area contributed by atoms with Gasteiger partial charge in [-0.15, -0.1) is 0 Å². The molecule has 0 heterocycles. The number of amides is 1. The molecule has 4 heteroatoms. The molecule has 1 N–H and O–H groups in total. The van der Waals surface area contributed by atoms with Crippen molar-refractivity contribution in [1.82, 2.24) is 4.90 Å². The first-order chi connectivity index (χ1) is 8.10. The summed E-state index contributed by atoms with van der Waals surface area (Å²) in [6.07, 6.45) is 0. The van der Waals surface area contributed by atoms with E-state index in [1.54, 1.807) is 19.1 Å². The third-order valence-corrected chi connectivity index (χ3v) is 2.81. The Bertz CT molecular complexity index is 362. The summed E-state index contributed by atoms with van der Waals surface area (Å²) in [7, 11) is 5.28. The maximum Gasteiger partial charge on any atom is 0.253 e. The minimum absolute atomic E-state index is 0.0113. The highest BCUT2D eigenvalue weighted by molar-refractivity contribution is 5.94. The highest BCUT2D eigenvalue weighted by Gasteiger charge is 2.16. The van der Waals surface area contributed by atoms with Gasteiger partial charge in [0.2, 0.25) is 0 Å². The minimum atomic E-state index is 0.0113. The standard InChI is InChI=1S/C13H20N2O2/c1-10(9-17-4)15(3)13(16)11-5-7-12(14-2)8-6-11/h5-8,10,14H,9H2,1-4H3. The van der Waals surface area contributed by atoms with Crippen LogP contribution in [0.5, 0.6) is 0 Å². The molecular weight excluding hydrogens is 216 g/mol. The molecule has 0 radical (unpaired) electrons. The Hall–Kier alpha value is -1.55. The van der Waals surface area contributed by atoms with E-state index < -0.39 is 0 Å². The van der Waals surface area contributed by atoms with Gasteiger partial charge in [-0.25, -0.2) is 0 Å². The molecule has 1 aromatic rings. The Morgan fingerprint density at radius 1 is 1.41 bits per heavy atom. The highest BCUT2D eigenvalue weighted by Crippen LogP contribution is 2.11. The molecule has 1 amide bonds. The van der Waals surface area contributed by atoms with Gasteiger partial charge in [-0.1, -0.05) is 0 Å². The number of hydrogen-bond acceptors (Lipinski definition) is 3. The SMILES string of the molecule is CNc1ccc(C(=O)N(C)C(C)COC)cc1. The second-order valence-corrected chi connectivity index (χ2v) is 4.05. The van der Waals surface area contributed by atoms with Crippen LogP contribution in [0.25, 0.3) is 0 Å². The van der Waals surface area contributed by atoms with E-state index in [9.17, 15) is 4.79 Å². The number of nitrogens with zero attached hydrogens (tertiary/aromatic N) is 1. The van der Waals surface area contributed by atoms with Gasteiger partial charge in [0.1, 0.15) is 0 Å². The molecule has 0 aliphatic rings. The summed E-state index contributed by atoms with van der Waals surface area (Å²) in [4.78, 5) is 13.8. The number of likely N-dealkylation sites (N-methyl/N-ethyl adjacent to an activating group) is 1. The molecule has 0 aliphatic heterocycles. The third kappa shape index (κ3) is 3.46. The molecule has 1 unspecified atom stereocenters. The number of ether oxygens (including phenoxy) is 1. The lowest BCUT2D eigenvalue weighted by Crippen LogP contribution is -2.37. The summed E-state index contributed by atoms with van der Waals surface area (Å²) < 4.78 is 5.04. The fraction of sp³-hybridized carbons (Fsp3) is 0.462. The van der Waals surface area contributed by atoms with Gasteiger partial charge in [-0.3, -0.25) is 4.79 Å². The van der Waals surface area contributed by atoms with Crippen molar-refractivity contribution in [3.05, 3.63) is 29.8 Å². The van der Waals surface area contributed by atoms with Crippen LogP contribution < -0.4 is 5.32 Å². The number of anilines is 1. The van der Waals surface area contributed by atoms with Crippen LogP contribution in [0.1, 0.15) is 17.3 Å². The zero-order valence-corrected chi connectivity index (χ0v) is 10.9. The summed E-state index contributed by atoms with van der Waals surface area (Å²) in [5, 5.41) is 3.02. The van der Waals surface area contributed by atoms with Crippen molar-refractivity contribution in [3.63, 3.8) is 0 Å². The van der Waals surface area contributed by atoms with Crippen LogP contribution in [-0.4, -0.2) is 44.7 Å². The largest absolute Gasteiger partial charge is 0.388 e. The minimum Gasteiger partial charge on any atom is -0.388 e. The van der Waals surface area contributed by atoms with Crippen LogP contribution in [-0.2, 0) is 4.74 Å². The second-order valence-electron chi connectivity index (χ2n) is 4.05. The van der Waals surface area contributed by atoms with Gasteiger partial charge in [0.15, 0.2) is 0 Å². The molecule has 1 aromatic carbocycles. The Labute approximate surface area is 103 Å². The van der Waals surface area contributed by atoms with E-state index in [2.05, 4.69) is 5.32 Å². The summed E-state index contributed by atoms with van der Waals surface area (Å²) in [5.41, 5.74) is 1.68. The topological polar surface area (TPSA) is 41.6 Å². The van der Waals surface area contributed by atoms with Crippen molar-refractivity contribution in [2.75, 3.05) is 33.1 Å². The quantitative estimate of drug-likeness (QED) is 0.848. The summed E-state index contributed by atoms with van der Waals surface area (Å²) in [6, 6.07) is 7.50. The van der Waals surface area contributed by atoms with E-state index in [4.69, 9.17) is 4.74 Å². The van der Waals surface area contributed by atoms with E-state index in [0.29, 0.717) is 12.2 Å². The van der Waals surface area contributed by atoms with Crippen molar-refractivity contribution in [2.24, 2.45) is 0 Å². The van der Waals surface area contributed by atoms with Gasteiger partial charge < -0.3 is 15.0 Å². The number of methoxy groups -OCH3 is 1. The number of rotatable bonds is 5. The molecule has 0 aromatic heterocycles. The number of hydrogen-bond donors (Lipinski definition) is 1. The van der Waals surface area contributed by atoms with Crippen molar-refractivity contribution in [2.45, 2.75) is 13.0 Å². The smallest absolute Gasteiger partial charge is 0.253 e. The normalized spacial score (nSPS) is 12.0. The van der Waals surface area contributed by atoms with Crippen LogP contribution in [0.3, 0.4) is 0 Å². The molecule has 0 aliphatic carbocycles. The first-order valence-corrected chi connectivity index (χ1v) is 5.64. The lowest BCUT2D eigenvalue weighted by atomic mass is 10.1. The van der Waals surface area contributed by atoms with Crippen LogP contribution in [0.15, 0.2) is 24.3 Å². The summed E-state index contributed by atoms with van der Waals surface area (Å²) in [6.45, 7) is 2.50. The van der Waals surface area contributed by atoms with Gasteiger partial charge in [0.05, 0.1) is 12.6 Å². The predicted octanol–water partition coefficient (Wildman–Crippen LogP) is 1.84. The van der Waals surface area contributed by atoms with E-state index in [1.165, 1.54) is 0 Å². The summed E-state index contributed by atoms with van der Waals surface area (Å²) in [5.74, 6) is 0.0113. The first kappa shape index (κ1) is 13.5. The molecule has 0 fully saturated rings. The highest BCUT2D eigenvalue weighted by atomic mass is 16.5. The molecule has 1 atom stereocenters. The molecule has 0 saturated heterocycles. The molecular formula is C13H20N2O2. The van der Waals surface area contributed by atoms with Crippen molar-refractivity contribution >= 4 is 11.6 Å². The number of benzene rings is 1. The Balaban J connectivity index is 2.74. The fourth-order valence-electron chi connectivity index (χ4n) is 1.54. The lowest BCUT2D eigenvalue weighted by molar-refractivity contribution is 0.0633. The third-order valence-electron chi connectivity index (χ3n) is 2.81. The van der Waals surface area contributed by atoms with Crippen molar-refractivity contribution in [3.8, 4) is 0 Å². The second kappa shape index (κ2) is 6.25. The average Bonchev–Trinajstić information content (AvgIpc) is 2.37. The maximum absolute atomic E-state index is 12.1. The van der Waals surface area contributed by atoms with E-state index in [1.807, 2.05) is 38.2 Å². The van der Waals surface area contributed by atoms with Gasteiger partial charge in [0, 0.05) is 32.5 Å². The Morgan fingerprint density at radius 2 is 2.00 bits per heavy atom. The van der Waals surface area contributed by atoms with E-state index in [-0.39, 0.29) is 11.9 Å². The molecule has 94 valence electrons. The zero-order chi connectivity index (χ0) is 12.8. The van der Waals surface area contributed by atoms with Gasteiger partial charge in [-0.05, 0) is 31.2 Å². The van der Waals surface area contributed by atoms with Gasteiger partial charge >= 0.3 is 0 Å². The van der Waals surface area contributed by atoms with E-state index in [0.717, 1.165) is 5.69 Å². The predicted molar refractivity (Wildman–Crippen MR) is 69.4 cm³/mol. The average molecular weight is 236 g/mol. The monoisotopic (exact) mass is 236 g/mol. The first-order valence-electron chi connectivity index (χ1n) is 5.64. The Kier molecular flexibility index (Phi) is 4.97. The van der Waals surface area contributed by atoms with Crippen molar-refractivity contribution < 1.29 is 9.53 Å². The number of carbonyl (C=O) groups is 1. The summed E-state index contributed by atoms with van der Waals surface area (Å²) >= 11 is 0. The van der Waals surface area contributed by atoms with Crippen LogP contribution >= 0.6 is 0 Å². The number of nitrogens with one attached hydrogen (secondary N) is 1. The molecule has 1 rings (SSSR count). The Morgan fingerprint density at radius 3 is 2.47 bits per heavy atom. The molecule has 0 spiro atoms. The van der Waals surface area contributed by atoms with Gasteiger partial charge in [0.25, 0.3) is 5.91 Å². The van der Waals surface area contributed by atoms with Gasteiger partial charge in [-0.2, -0.15) is 0 Å². The molecule has 0 saturated carbocycles. The van der Waals surface area contributed by atoms with Crippen LogP contribution in [0.4, 0.5) is 5.69 Å².